The molecule has 0 bridgehead atoms. The summed E-state index contributed by atoms with van der Waals surface area (Å²) in [6.07, 6.45) is 2.19. The first-order chi connectivity index (χ1) is 27.8. The monoisotopic (exact) mass is 715 g/mol. The van der Waals surface area contributed by atoms with Gasteiger partial charge in [0.25, 0.3) is 0 Å². The highest BCUT2D eigenvalue weighted by molar-refractivity contribution is 6.25. The summed E-state index contributed by atoms with van der Waals surface area (Å²) in [4.78, 5) is 14.8. The minimum absolute atomic E-state index is 0.640. The molecule has 262 valence electrons. The number of hydrogen-bond donors (Lipinski definition) is 0. The minimum atomic E-state index is 0.640. The van der Waals surface area contributed by atoms with Gasteiger partial charge in [0, 0.05) is 55.8 Å². The first-order valence-corrected chi connectivity index (χ1v) is 18.9. The van der Waals surface area contributed by atoms with Crippen molar-refractivity contribution in [2.45, 2.75) is 0 Å². The van der Waals surface area contributed by atoms with Crippen LogP contribution in [0, 0.1) is 0 Å². The van der Waals surface area contributed by atoms with Gasteiger partial charge in [-0.25, -0.2) is 15.0 Å². The molecule has 0 aliphatic carbocycles. The van der Waals surface area contributed by atoms with Crippen LogP contribution in [0.25, 0.3) is 100 Å². The lowest BCUT2D eigenvalue weighted by molar-refractivity contribution is 1.07. The first kappa shape index (κ1) is 31.9. The van der Waals surface area contributed by atoms with E-state index in [1.54, 1.807) is 0 Å². The van der Waals surface area contributed by atoms with Gasteiger partial charge < -0.3 is 9.13 Å². The van der Waals surface area contributed by atoms with Gasteiger partial charge in [-0.15, -0.1) is 0 Å². The Morgan fingerprint density at radius 2 is 0.929 bits per heavy atom. The van der Waals surface area contributed by atoms with E-state index in [9.17, 15) is 0 Å². The second-order valence-electron chi connectivity index (χ2n) is 14.1. The van der Waals surface area contributed by atoms with Crippen molar-refractivity contribution in [2.75, 3.05) is 0 Å². The Morgan fingerprint density at radius 1 is 0.339 bits per heavy atom. The van der Waals surface area contributed by atoms with Gasteiger partial charge in [-0.1, -0.05) is 146 Å². The summed E-state index contributed by atoms with van der Waals surface area (Å²) in [5.74, 6) is 1.94. The smallest absolute Gasteiger partial charge is 0.164 e. The number of aromatic nitrogens is 5. The Hall–Kier alpha value is -7.63. The van der Waals surface area contributed by atoms with E-state index in [4.69, 9.17) is 15.0 Å². The Balaban J connectivity index is 1.04. The lowest BCUT2D eigenvalue weighted by Gasteiger charge is -2.13. The molecule has 0 atom stereocenters. The van der Waals surface area contributed by atoms with Gasteiger partial charge in [0.15, 0.2) is 17.5 Å². The molecule has 0 spiro atoms. The largest absolute Gasteiger partial charge is 0.317 e. The molecule has 0 radical (unpaired) electrons. The van der Waals surface area contributed by atoms with Crippen LogP contribution in [-0.4, -0.2) is 24.1 Å². The maximum atomic E-state index is 4.98. The van der Waals surface area contributed by atoms with Crippen LogP contribution >= 0.6 is 0 Å². The van der Waals surface area contributed by atoms with Crippen molar-refractivity contribution < 1.29 is 0 Å². The van der Waals surface area contributed by atoms with Crippen LogP contribution in [0.3, 0.4) is 0 Å². The fourth-order valence-corrected chi connectivity index (χ4v) is 8.15. The highest BCUT2D eigenvalue weighted by atomic mass is 15.0. The summed E-state index contributed by atoms with van der Waals surface area (Å²) in [6, 6.07) is 68.2. The van der Waals surface area contributed by atoms with Gasteiger partial charge in [0.1, 0.15) is 0 Å². The van der Waals surface area contributed by atoms with Crippen molar-refractivity contribution in [3.05, 3.63) is 200 Å². The van der Waals surface area contributed by atoms with Crippen LogP contribution in [0.5, 0.6) is 0 Å². The molecule has 0 saturated heterocycles. The maximum absolute atomic E-state index is 4.98. The van der Waals surface area contributed by atoms with E-state index in [1.165, 1.54) is 43.5 Å². The van der Waals surface area contributed by atoms with Gasteiger partial charge in [-0.2, -0.15) is 0 Å². The number of hydrogen-bond acceptors (Lipinski definition) is 3. The zero-order valence-corrected chi connectivity index (χ0v) is 30.3. The molecule has 3 heterocycles. The molecule has 8 aromatic carbocycles. The van der Waals surface area contributed by atoms with E-state index in [2.05, 4.69) is 149 Å². The molecule has 0 amide bonds. The number of para-hydroxylation sites is 2. The number of rotatable bonds is 6. The SMILES string of the molecule is c1ccc(-c2nc(-c3ccccc3)nc(-c3cccc(-c4ccc(-n5c6ccccc6c6ccc7ccc8c(ccn8-c8ccccc8)c7c65)cc4)c3)n2)cc1. The molecule has 0 aliphatic heterocycles. The molecule has 0 aliphatic rings. The second kappa shape index (κ2) is 13.0. The molecule has 5 heteroatoms. The Morgan fingerprint density at radius 3 is 1.64 bits per heavy atom. The van der Waals surface area contributed by atoms with Crippen LogP contribution in [0.4, 0.5) is 0 Å². The first-order valence-electron chi connectivity index (χ1n) is 18.9. The van der Waals surface area contributed by atoms with Crippen LogP contribution in [-0.2, 0) is 0 Å². The van der Waals surface area contributed by atoms with Crippen molar-refractivity contribution >= 4 is 43.5 Å². The molecule has 0 saturated carbocycles. The van der Waals surface area contributed by atoms with Gasteiger partial charge in [0.05, 0.1) is 16.6 Å². The fraction of sp³-hybridized carbons (Fsp3) is 0. The quantitative estimate of drug-likeness (QED) is 0.172. The van der Waals surface area contributed by atoms with Crippen molar-refractivity contribution in [1.82, 2.24) is 24.1 Å². The van der Waals surface area contributed by atoms with E-state index in [1.807, 2.05) is 60.7 Å². The molecular formula is C51H33N5. The van der Waals surface area contributed by atoms with Crippen molar-refractivity contribution in [1.29, 1.82) is 0 Å². The molecular weight excluding hydrogens is 683 g/mol. The molecule has 11 aromatic rings. The van der Waals surface area contributed by atoms with Gasteiger partial charge in [-0.05, 0) is 65.0 Å². The maximum Gasteiger partial charge on any atom is 0.164 e. The van der Waals surface area contributed by atoms with E-state index in [0.717, 1.165) is 39.2 Å². The Bertz CT molecular complexity index is 3160. The van der Waals surface area contributed by atoms with Crippen LogP contribution in [0.15, 0.2) is 200 Å². The second-order valence-corrected chi connectivity index (χ2v) is 14.1. The lowest BCUT2D eigenvalue weighted by Crippen LogP contribution is -2.00. The van der Waals surface area contributed by atoms with Gasteiger partial charge in [-0.3, -0.25) is 0 Å². The van der Waals surface area contributed by atoms with Crippen LogP contribution in [0.1, 0.15) is 0 Å². The van der Waals surface area contributed by atoms with E-state index in [0.29, 0.717) is 17.5 Å². The van der Waals surface area contributed by atoms with Crippen LogP contribution < -0.4 is 0 Å². The molecule has 56 heavy (non-hydrogen) atoms. The number of benzene rings is 8. The average Bonchev–Trinajstić information content (AvgIpc) is 3.87. The third kappa shape index (κ3) is 5.29. The zero-order valence-electron chi connectivity index (χ0n) is 30.3. The summed E-state index contributed by atoms with van der Waals surface area (Å²) in [5, 5.41) is 6.19. The number of fused-ring (bicyclic) bond motifs is 7. The highest BCUT2D eigenvalue weighted by Gasteiger charge is 2.18. The predicted octanol–water partition coefficient (Wildman–Crippen LogP) is 12.7. The molecule has 0 unspecified atom stereocenters. The molecule has 3 aromatic heterocycles. The minimum Gasteiger partial charge on any atom is -0.317 e. The van der Waals surface area contributed by atoms with E-state index < -0.39 is 0 Å². The van der Waals surface area contributed by atoms with Crippen molar-refractivity contribution in [2.24, 2.45) is 0 Å². The van der Waals surface area contributed by atoms with Crippen molar-refractivity contribution in [3.63, 3.8) is 0 Å². The standard InChI is InChI=1S/C51H33N5/c1-4-13-36(14-5-1)49-52-50(37-15-6-2-7-16-37)54-51(53-49)39-18-12-17-38(33-39)34-23-27-41(28-24-34)56-46-22-11-10-21-42(46)43-29-25-35-26-30-45-44(47(35)48(43)56)31-32-55(45)40-19-8-3-9-20-40/h1-33H. The molecule has 0 fully saturated rings. The van der Waals surface area contributed by atoms with Gasteiger partial charge in [0.2, 0.25) is 0 Å². The summed E-state index contributed by atoms with van der Waals surface area (Å²) in [7, 11) is 0. The molecule has 0 N–H and O–H groups in total. The van der Waals surface area contributed by atoms with Crippen LogP contribution in [0.2, 0.25) is 0 Å². The van der Waals surface area contributed by atoms with Crippen molar-refractivity contribution in [3.8, 4) is 56.7 Å². The Labute approximate surface area is 323 Å². The third-order valence-corrected chi connectivity index (χ3v) is 10.8. The summed E-state index contributed by atoms with van der Waals surface area (Å²) >= 11 is 0. The van der Waals surface area contributed by atoms with E-state index in [-0.39, 0.29) is 0 Å². The molecule has 11 rings (SSSR count). The Kier molecular flexibility index (Phi) is 7.42. The normalized spacial score (nSPS) is 11.6. The third-order valence-electron chi connectivity index (χ3n) is 10.8. The predicted molar refractivity (Wildman–Crippen MR) is 230 cm³/mol. The topological polar surface area (TPSA) is 48.5 Å². The zero-order chi connectivity index (χ0) is 37.0. The van der Waals surface area contributed by atoms with E-state index >= 15 is 0 Å². The summed E-state index contributed by atoms with van der Waals surface area (Å²) in [5.41, 5.74) is 10.9. The lowest BCUT2D eigenvalue weighted by atomic mass is 10.0. The fourth-order valence-electron chi connectivity index (χ4n) is 8.15. The summed E-state index contributed by atoms with van der Waals surface area (Å²) < 4.78 is 4.72. The molecule has 5 nitrogen and oxygen atoms in total. The number of nitrogens with zero attached hydrogens (tertiary/aromatic N) is 5. The van der Waals surface area contributed by atoms with Gasteiger partial charge >= 0.3 is 0 Å². The highest BCUT2D eigenvalue weighted by Crippen LogP contribution is 2.40. The summed E-state index contributed by atoms with van der Waals surface area (Å²) in [6.45, 7) is 0. The average molecular weight is 716 g/mol.